The molecule has 1 atom stereocenters. The largest absolute Gasteiger partial charge is 0.391 e. The highest BCUT2D eigenvalue weighted by Gasteiger charge is 2.10. The Kier molecular flexibility index (Phi) is 5.75. The molecule has 0 aliphatic carbocycles. The molecule has 17 heavy (non-hydrogen) atoms. The number of benzene rings is 1. The molecule has 96 valence electrons. The molecule has 0 saturated carbocycles. The Morgan fingerprint density at radius 3 is 2.82 bits per heavy atom. The zero-order valence-electron chi connectivity index (χ0n) is 10.7. The van der Waals surface area contributed by atoms with Gasteiger partial charge in [0.05, 0.1) is 6.10 Å². The molecule has 0 bridgehead atoms. The monoisotopic (exact) mass is 256 g/mol. The van der Waals surface area contributed by atoms with Crippen LogP contribution in [-0.2, 0) is 0 Å². The molecule has 4 heteroatoms. The first-order valence-corrected chi connectivity index (χ1v) is 6.22. The van der Waals surface area contributed by atoms with Crippen molar-refractivity contribution < 1.29 is 5.11 Å². The fraction of sp³-hybridized carbons (Fsp3) is 0.538. The molecule has 0 heterocycles. The fourth-order valence-electron chi connectivity index (χ4n) is 1.81. The van der Waals surface area contributed by atoms with Gasteiger partial charge in [-0.1, -0.05) is 17.7 Å². The Balaban J connectivity index is 2.62. The van der Waals surface area contributed by atoms with E-state index in [4.69, 9.17) is 11.6 Å². The molecule has 0 aromatic heterocycles. The highest BCUT2D eigenvalue weighted by Crippen LogP contribution is 2.23. The summed E-state index contributed by atoms with van der Waals surface area (Å²) in [5.41, 5.74) is 2.23. The van der Waals surface area contributed by atoms with Crippen molar-refractivity contribution in [2.24, 2.45) is 0 Å². The van der Waals surface area contributed by atoms with Gasteiger partial charge in [-0.3, -0.25) is 0 Å². The summed E-state index contributed by atoms with van der Waals surface area (Å²) < 4.78 is 0. The molecule has 0 amide bonds. The molecular weight excluding hydrogens is 236 g/mol. The fourth-order valence-corrected chi connectivity index (χ4v) is 1.98. The lowest BCUT2D eigenvalue weighted by Gasteiger charge is -2.24. The van der Waals surface area contributed by atoms with Gasteiger partial charge in [0.15, 0.2) is 0 Å². The molecule has 0 spiro atoms. The van der Waals surface area contributed by atoms with Gasteiger partial charge >= 0.3 is 0 Å². The van der Waals surface area contributed by atoms with Gasteiger partial charge < -0.3 is 15.3 Å². The van der Waals surface area contributed by atoms with Gasteiger partial charge in [-0.15, -0.1) is 0 Å². The summed E-state index contributed by atoms with van der Waals surface area (Å²) in [7, 11) is 3.86. The number of likely N-dealkylation sites (N-methyl/N-ethyl adjacent to an activating group) is 1. The van der Waals surface area contributed by atoms with Crippen LogP contribution in [0.3, 0.4) is 0 Å². The molecule has 3 nitrogen and oxygen atoms in total. The van der Waals surface area contributed by atoms with Gasteiger partial charge in [-0.05, 0) is 44.6 Å². The van der Waals surface area contributed by atoms with Crippen LogP contribution in [-0.4, -0.2) is 38.4 Å². The zero-order chi connectivity index (χ0) is 12.8. The van der Waals surface area contributed by atoms with E-state index in [1.54, 1.807) is 0 Å². The first kappa shape index (κ1) is 14.3. The van der Waals surface area contributed by atoms with Crippen molar-refractivity contribution in [2.75, 3.05) is 32.1 Å². The lowest BCUT2D eigenvalue weighted by Crippen LogP contribution is -2.31. The van der Waals surface area contributed by atoms with Crippen LogP contribution in [0.2, 0.25) is 5.02 Å². The topological polar surface area (TPSA) is 35.5 Å². The van der Waals surface area contributed by atoms with E-state index in [1.807, 2.05) is 44.1 Å². The number of hydrogen-bond acceptors (Lipinski definition) is 3. The standard InChI is InChI=1S/C13H21ClN2O/c1-10-4-5-11(14)8-13(10)16(3)9-12(17)6-7-15-2/h4-5,8,12,15,17H,6-7,9H2,1-3H3. The van der Waals surface area contributed by atoms with Gasteiger partial charge in [0.25, 0.3) is 0 Å². The third kappa shape index (κ3) is 4.54. The van der Waals surface area contributed by atoms with Crippen LogP contribution in [0.1, 0.15) is 12.0 Å². The van der Waals surface area contributed by atoms with Crippen LogP contribution in [0.5, 0.6) is 0 Å². The number of nitrogens with one attached hydrogen (secondary N) is 1. The molecule has 0 fully saturated rings. The van der Waals surface area contributed by atoms with Gasteiger partial charge in [0.2, 0.25) is 0 Å². The Hall–Kier alpha value is -0.770. The number of aliphatic hydroxyl groups excluding tert-OH is 1. The van der Waals surface area contributed by atoms with Crippen molar-refractivity contribution in [3.8, 4) is 0 Å². The minimum Gasteiger partial charge on any atom is -0.391 e. The van der Waals surface area contributed by atoms with Gasteiger partial charge in [0.1, 0.15) is 0 Å². The van der Waals surface area contributed by atoms with Crippen LogP contribution in [0.4, 0.5) is 5.69 Å². The molecule has 1 unspecified atom stereocenters. The molecule has 1 aromatic carbocycles. The van der Waals surface area contributed by atoms with Crippen LogP contribution in [0.25, 0.3) is 0 Å². The predicted octanol–water partition coefficient (Wildman–Crippen LogP) is 2.06. The summed E-state index contributed by atoms with van der Waals surface area (Å²) >= 11 is 5.98. The SMILES string of the molecule is CNCCC(O)CN(C)c1cc(Cl)ccc1C. The van der Waals surface area contributed by atoms with Gasteiger partial charge in [0, 0.05) is 24.3 Å². The maximum Gasteiger partial charge on any atom is 0.0727 e. The van der Waals surface area contributed by atoms with E-state index >= 15 is 0 Å². The molecule has 0 aliphatic heterocycles. The Morgan fingerprint density at radius 1 is 1.47 bits per heavy atom. The highest BCUT2D eigenvalue weighted by atomic mass is 35.5. The second kappa shape index (κ2) is 6.84. The van der Waals surface area contributed by atoms with E-state index in [9.17, 15) is 5.11 Å². The van der Waals surface area contributed by atoms with Crippen LogP contribution in [0, 0.1) is 6.92 Å². The first-order chi connectivity index (χ1) is 8.04. The minimum absolute atomic E-state index is 0.328. The molecule has 0 saturated heterocycles. The zero-order valence-corrected chi connectivity index (χ0v) is 11.5. The van der Waals surface area contributed by atoms with Gasteiger partial charge in [-0.2, -0.15) is 0 Å². The summed E-state index contributed by atoms with van der Waals surface area (Å²) in [5.74, 6) is 0. The average Bonchev–Trinajstić information content (AvgIpc) is 2.29. The van der Waals surface area contributed by atoms with Crippen LogP contribution >= 0.6 is 11.6 Å². The summed E-state index contributed by atoms with van der Waals surface area (Å²) in [6.07, 6.45) is 0.423. The number of nitrogens with zero attached hydrogens (tertiary/aromatic N) is 1. The number of aliphatic hydroxyl groups is 1. The lowest BCUT2D eigenvalue weighted by molar-refractivity contribution is 0.171. The van der Waals surface area contributed by atoms with Crippen molar-refractivity contribution in [3.63, 3.8) is 0 Å². The number of aryl methyl sites for hydroxylation is 1. The average molecular weight is 257 g/mol. The van der Waals surface area contributed by atoms with E-state index in [1.165, 1.54) is 0 Å². The lowest BCUT2D eigenvalue weighted by atomic mass is 10.1. The maximum absolute atomic E-state index is 9.86. The summed E-state index contributed by atoms with van der Waals surface area (Å²) in [5, 5.41) is 13.6. The molecule has 0 aliphatic rings. The van der Waals surface area contributed by atoms with Crippen molar-refractivity contribution in [1.29, 1.82) is 0 Å². The summed E-state index contributed by atoms with van der Waals surface area (Å²) in [6.45, 7) is 3.48. The van der Waals surface area contributed by atoms with E-state index in [0.717, 1.165) is 29.2 Å². The molecule has 0 radical (unpaired) electrons. The van der Waals surface area contributed by atoms with E-state index < -0.39 is 0 Å². The third-order valence-corrected chi connectivity index (χ3v) is 3.03. The smallest absolute Gasteiger partial charge is 0.0727 e. The molecular formula is C13H21ClN2O. The van der Waals surface area contributed by atoms with Crippen LogP contribution in [0.15, 0.2) is 18.2 Å². The molecule has 2 N–H and O–H groups in total. The van der Waals surface area contributed by atoms with E-state index in [-0.39, 0.29) is 6.10 Å². The van der Waals surface area contributed by atoms with Crippen LogP contribution < -0.4 is 10.2 Å². The quantitative estimate of drug-likeness (QED) is 0.818. The number of rotatable bonds is 6. The predicted molar refractivity (Wildman–Crippen MR) is 74.0 cm³/mol. The van der Waals surface area contributed by atoms with Crippen molar-refractivity contribution in [2.45, 2.75) is 19.4 Å². The second-order valence-corrected chi connectivity index (χ2v) is 4.79. The molecule has 1 aromatic rings. The Labute approximate surface area is 108 Å². The number of anilines is 1. The highest BCUT2D eigenvalue weighted by molar-refractivity contribution is 6.30. The normalized spacial score (nSPS) is 12.5. The summed E-state index contributed by atoms with van der Waals surface area (Å²) in [6, 6.07) is 5.81. The Morgan fingerprint density at radius 2 is 2.18 bits per heavy atom. The second-order valence-electron chi connectivity index (χ2n) is 4.36. The van der Waals surface area contributed by atoms with Gasteiger partial charge in [-0.25, -0.2) is 0 Å². The maximum atomic E-state index is 9.86. The molecule has 1 rings (SSSR count). The number of halogens is 1. The van der Waals surface area contributed by atoms with Crippen molar-refractivity contribution in [1.82, 2.24) is 5.32 Å². The van der Waals surface area contributed by atoms with E-state index in [2.05, 4.69) is 5.32 Å². The Bertz CT molecular complexity index is 357. The van der Waals surface area contributed by atoms with E-state index in [0.29, 0.717) is 6.54 Å². The third-order valence-electron chi connectivity index (χ3n) is 2.79. The number of hydrogen-bond donors (Lipinski definition) is 2. The first-order valence-electron chi connectivity index (χ1n) is 5.84. The summed E-state index contributed by atoms with van der Waals surface area (Å²) in [4.78, 5) is 2.04. The van der Waals surface area contributed by atoms with Crippen molar-refractivity contribution >= 4 is 17.3 Å². The van der Waals surface area contributed by atoms with Crippen molar-refractivity contribution in [3.05, 3.63) is 28.8 Å². The minimum atomic E-state index is -0.328.